The van der Waals surface area contributed by atoms with E-state index in [0.29, 0.717) is 16.8 Å². The first-order chi connectivity index (χ1) is 11.2. The quantitative estimate of drug-likeness (QED) is 0.641. The highest BCUT2D eigenvalue weighted by molar-refractivity contribution is 7.80. The third-order valence-electron chi connectivity index (χ3n) is 3.19. The molecule has 1 aliphatic rings. The van der Waals surface area contributed by atoms with Gasteiger partial charge in [0.15, 0.2) is 0 Å². The zero-order chi connectivity index (χ0) is 17.5. The maximum atomic E-state index is 13.7. The van der Waals surface area contributed by atoms with Gasteiger partial charge < -0.3 is 4.74 Å². The third kappa shape index (κ3) is 3.35. The lowest BCUT2D eigenvalue weighted by Crippen LogP contribution is -2.41. The number of halogens is 4. The Balaban J connectivity index is 1.96. The first kappa shape index (κ1) is 16.7. The molecule has 2 aromatic carbocycles. The molecular weight excluding hydrogens is 354 g/mol. The molecule has 128 valence electrons. The topological polar surface area (TPSA) is 67.8 Å². The van der Waals surface area contributed by atoms with Crippen LogP contribution in [0, 0.1) is 0 Å². The van der Waals surface area contributed by atoms with Crippen LogP contribution in [0.25, 0.3) is 11.1 Å². The molecule has 0 radical (unpaired) electrons. The van der Waals surface area contributed by atoms with Crippen LogP contribution in [0.3, 0.4) is 0 Å². The Morgan fingerprint density at radius 2 is 1.62 bits per heavy atom. The average molecular weight is 363 g/mol. The molecule has 2 N–H and O–H groups in total. The van der Waals surface area contributed by atoms with Crippen molar-refractivity contribution in [2.75, 3.05) is 4.72 Å². The van der Waals surface area contributed by atoms with Gasteiger partial charge in [-0.1, -0.05) is 18.2 Å². The van der Waals surface area contributed by atoms with E-state index in [2.05, 4.69) is 14.2 Å². The summed E-state index contributed by atoms with van der Waals surface area (Å²) in [6.45, 7) is 0. The Labute approximate surface area is 135 Å². The normalized spacial score (nSPS) is 19.0. The fourth-order valence-corrected chi connectivity index (χ4v) is 2.55. The van der Waals surface area contributed by atoms with E-state index in [1.807, 2.05) is 0 Å². The molecule has 0 fully saturated rings. The third-order valence-corrected chi connectivity index (χ3v) is 3.60. The van der Waals surface area contributed by atoms with Gasteiger partial charge in [-0.3, -0.25) is 9.27 Å². The minimum atomic E-state index is -4.41. The summed E-state index contributed by atoms with van der Waals surface area (Å²) in [5.41, 5.74) is 0.321. The van der Waals surface area contributed by atoms with Gasteiger partial charge in [0.2, 0.25) is 0 Å². The lowest BCUT2D eigenvalue weighted by atomic mass is 10.0. The summed E-state index contributed by atoms with van der Waals surface area (Å²) in [7, 11) is 0. The van der Waals surface area contributed by atoms with Gasteiger partial charge in [-0.15, -0.1) is 8.78 Å². The largest absolute Gasteiger partial charge is 0.540 e. The van der Waals surface area contributed by atoms with Crippen molar-refractivity contribution in [2.24, 2.45) is 0 Å². The van der Waals surface area contributed by atoms with Gasteiger partial charge in [-0.2, -0.15) is 8.78 Å². The van der Waals surface area contributed by atoms with E-state index in [1.165, 1.54) is 30.3 Å². The van der Waals surface area contributed by atoms with Gasteiger partial charge in [0.05, 0.1) is 5.56 Å². The summed E-state index contributed by atoms with van der Waals surface area (Å²) in [4.78, 5) is 0. The predicted octanol–water partition coefficient (Wildman–Crippen LogP) is 3.91. The monoisotopic (exact) mass is 363 g/mol. The van der Waals surface area contributed by atoms with Crippen LogP contribution in [0.2, 0.25) is 0 Å². The second kappa shape index (κ2) is 5.72. The maximum absolute atomic E-state index is 13.7. The van der Waals surface area contributed by atoms with E-state index in [9.17, 15) is 21.8 Å². The Morgan fingerprint density at radius 3 is 2.25 bits per heavy atom. The first-order valence-corrected chi connectivity index (χ1v) is 7.54. The molecule has 0 saturated heterocycles. The Morgan fingerprint density at radius 1 is 1.00 bits per heavy atom. The van der Waals surface area contributed by atoms with Gasteiger partial charge in [0.25, 0.3) is 11.3 Å². The fraction of sp³-hybridized carbons (Fsp3) is 0.143. The molecule has 1 atom stereocenters. The zero-order valence-electron chi connectivity index (χ0n) is 11.6. The Bertz CT molecular complexity index is 798. The molecule has 1 unspecified atom stereocenters. The van der Waals surface area contributed by atoms with E-state index in [1.54, 1.807) is 0 Å². The highest BCUT2D eigenvalue weighted by Crippen LogP contribution is 2.47. The van der Waals surface area contributed by atoms with Crippen LogP contribution in [0.1, 0.15) is 5.56 Å². The van der Waals surface area contributed by atoms with Crippen LogP contribution >= 0.6 is 0 Å². The van der Waals surface area contributed by atoms with Crippen LogP contribution in [-0.2, 0) is 22.1 Å². The Kier molecular flexibility index (Phi) is 3.98. The van der Waals surface area contributed by atoms with Crippen molar-refractivity contribution < 1.29 is 35.8 Å². The molecule has 24 heavy (non-hydrogen) atoms. The second-order valence-corrected chi connectivity index (χ2v) is 5.53. The summed E-state index contributed by atoms with van der Waals surface area (Å²) in [5, 5.41) is 0. The van der Waals surface area contributed by atoms with Crippen LogP contribution in [-0.4, -0.2) is 15.1 Å². The van der Waals surface area contributed by atoms with Crippen molar-refractivity contribution in [3.8, 4) is 16.9 Å². The van der Waals surface area contributed by atoms with Gasteiger partial charge in [0.1, 0.15) is 5.75 Å². The summed E-state index contributed by atoms with van der Waals surface area (Å²) < 4.78 is 82.5. The number of anilines is 1. The molecule has 5 nitrogen and oxygen atoms in total. The summed E-state index contributed by atoms with van der Waals surface area (Å²) >= 11 is -2.24. The fourth-order valence-electron chi connectivity index (χ4n) is 2.21. The van der Waals surface area contributed by atoms with Gasteiger partial charge in [-0.25, -0.2) is 8.95 Å². The van der Waals surface area contributed by atoms with Crippen LogP contribution in [0.5, 0.6) is 5.75 Å². The molecule has 0 saturated carbocycles. The molecule has 0 amide bonds. The highest BCUT2D eigenvalue weighted by atomic mass is 32.2. The van der Waals surface area contributed by atoms with Crippen molar-refractivity contribution >= 4 is 17.0 Å². The van der Waals surface area contributed by atoms with E-state index in [4.69, 9.17) is 4.55 Å². The van der Waals surface area contributed by atoms with Crippen molar-refractivity contribution in [1.82, 2.24) is 0 Å². The number of hydrogen-bond acceptors (Lipinski definition) is 3. The van der Waals surface area contributed by atoms with Crippen LogP contribution in [0.4, 0.5) is 23.2 Å². The molecule has 3 rings (SSSR count). The number of rotatable bonds is 3. The minimum absolute atomic E-state index is 0.308. The molecular formula is C14H9F4NO4S. The average Bonchev–Trinajstić information content (AvgIpc) is 2.45. The molecule has 0 aromatic heterocycles. The number of fused-ring (bicyclic) bond motifs is 1. The molecule has 0 bridgehead atoms. The van der Waals surface area contributed by atoms with Crippen molar-refractivity contribution in [3.05, 3.63) is 48.0 Å². The number of nitrogens with one attached hydrogen (secondary N) is 1. The standard InChI is InChI=1S/C14H9F4NO4S/c15-13(16)11-7-9(3-6-12(11)22-14(17,18)23-13)8-1-4-10(5-2-8)19-24(20)21/h1-7,19H,(H,20,21). The SMILES string of the molecule is O=S(O)Nc1ccc(-c2ccc3c(c2)C(F)(F)OC(F)(F)O3)cc1. The number of ether oxygens (including phenoxy) is 2. The molecule has 0 spiro atoms. The van der Waals surface area contributed by atoms with Crippen molar-refractivity contribution in [3.63, 3.8) is 0 Å². The van der Waals surface area contributed by atoms with Gasteiger partial charge in [0, 0.05) is 5.69 Å². The Hall–Kier alpha value is -2.17. The molecule has 1 aliphatic heterocycles. The minimum Gasteiger partial charge on any atom is -0.409 e. The molecule has 10 heteroatoms. The van der Waals surface area contributed by atoms with Crippen LogP contribution in [0.15, 0.2) is 42.5 Å². The number of benzene rings is 2. The van der Waals surface area contributed by atoms with E-state index in [-0.39, 0.29) is 0 Å². The molecule has 2 aromatic rings. The van der Waals surface area contributed by atoms with E-state index >= 15 is 0 Å². The van der Waals surface area contributed by atoms with E-state index in [0.717, 1.165) is 12.1 Å². The zero-order valence-corrected chi connectivity index (χ0v) is 12.5. The first-order valence-electron chi connectivity index (χ1n) is 6.44. The van der Waals surface area contributed by atoms with E-state index < -0.39 is 35.0 Å². The summed E-state index contributed by atoms with van der Waals surface area (Å²) in [6, 6.07) is 9.26. The molecule has 1 heterocycles. The summed E-state index contributed by atoms with van der Waals surface area (Å²) in [6.07, 6.45) is -8.62. The lowest BCUT2D eigenvalue weighted by molar-refractivity contribution is -0.461. The summed E-state index contributed by atoms with van der Waals surface area (Å²) in [5.74, 6) is -0.672. The maximum Gasteiger partial charge on any atom is 0.540 e. The van der Waals surface area contributed by atoms with Gasteiger partial charge >= 0.3 is 12.4 Å². The highest BCUT2D eigenvalue weighted by Gasteiger charge is 2.54. The van der Waals surface area contributed by atoms with Crippen molar-refractivity contribution in [1.29, 1.82) is 0 Å². The van der Waals surface area contributed by atoms with Gasteiger partial charge in [-0.05, 0) is 35.4 Å². The van der Waals surface area contributed by atoms with Crippen LogP contribution < -0.4 is 9.46 Å². The predicted molar refractivity (Wildman–Crippen MR) is 76.8 cm³/mol. The number of alkyl halides is 4. The number of hydrogen-bond donors (Lipinski definition) is 2. The van der Waals surface area contributed by atoms with Crippen molar-refractivity contribution in [2.45, 2.75) is 12.4 Å². The molecule has 0 aliphatic carbocycles. The smallest absolute Gasteiger partial charge is 0.409 e. The lowest BCUT2D eigenvalue weighted by Gasteiger charge is -2.30. The second-order valence-electron chi connectivity index (χ2n) is 4.82.